The SMILES string of the molecule is CCCC/N=c1/cc2oc3cc(NCCCC)c(C)cc3c(-c3ccccc3C(=O)O)c-2cc1C. The molecule has 35 heavy (non-hydrogen) atoms. The third-order valence-corrected chi connectivity index (χ3v) is 6.45. The smallest absolute Gasteiger partial charge is 0.336 e. The summed E-state index contributed by atoms with van der Waals surface area (Å²) in [6.07, 6.45) is 4.34. The van der Waals surface area contributed by atoms with E-state index in [-0.39, 0.29) is 5.56 Å². The number of benzene rings is 3. The van der Waals surface area contributed by atoms with Gasteiger partial charge in [0, 0.05) is 47.4 Å². The van der Waals surface area contributed by atoms with Gasteiger partial charge in [-0.25, -0.2) is 4.79 Å². The maximum atomic E-state index is 12.2. The number of carboxylic acid groups (broad SMARTS) is 1. The fraction of sp³-hybridized carbons (Fsp3) is 0.333. The Bertz CT molecular complexity index is 1400. The number of aromatic carboxylic acids is 1. The Morgan fingerprint density at radius 3 is 2.49 bits per heavy atom. The van der Waals surface area contributed by atoms with Crippen LogP contribution in [0.5, 0.6) is 0 Å². The first-order valence-electron chi connectivity index (χ1n) is 12.5. The Morgan fingerprint density at radius 1 is 0.971 bits per heavy atom. The number of nitrogens with zero attached hydrogens (tertiary/aromatic N) is 1. The fourth-order valence-electron chi connectivity index (χ4n) is 4.48. The van der Waals surface area contributed by atoms with Crippen molar-refractivity contribution >= 4 is 22.6 Å². The van der Waals surface area contributed by atoms with Crippen molar-refractivity contribution in [1.29, 1.82) is 0 Å². The number of hydrogen-bond acceptors (Lipinski definition) is 4. The Labute approximate surface area is 206 Å². The minimum Gasteiger partial charge on any atom is -0.478 e. The van der Waals surface area contributed by atoms with E-state index < -0.39 is 5.97 Å². The number of aryl methyl sites for hydroxylation is 2. The Balaban J connectivity index is 2.05. The number of hydrogen-bond donors (Lipinski definition) is 2. The van der Waals surface area contributed by atoms with E-state index in [2.05, 4.69) is 38.2 Å². The minimum atomic E-state index is -0.944. The number of carbonyl (C=O) groups is 1. The third kappa shape index (κ3) is 5.09. The summed E-state index contributed by atoms with van der Waals surface area (Å²) in [5.41, 5.74) is 6.64. The predicted octanol–water partition coefficient (Wildman–Crippen LogP) is 7.43. The summed E-state index contributed by atoms with van der Waals surface area (Å²) in [4.78, 5) is 16.9. The normalized spacial score (nSPS) is 11.9. The standard InChI is InChI=1S/C30H34N2O3/c1-5-7-13-31-25-17-27-23(15-19(25)3)29(21-11-9-10-12-22(21)30(33)34)24-16-20(4)26(18-28(24)35-27)32-14-8-6-2/h9-12,15-18,31H,5-8,13-14H2,1-4H3,(H,33,34)/b32-26-. The van der Waals surface area contributed by atoms with Crippen LogP contribution in [-0.2, 0) is 0 Å². The number of carboxylic acids is 1. The molecule has 0 unspecified atom stereocenters. The Morgan fingerprint density at radius 2 is 1.74 bits per heavy atom. The van der Waals surface area contributed by atoms with Gasteiger partial charge in [0.15, 0.2) is 0 Å². The molecule has 0 amide bonds. The second-order valence-corrected chi connectivity index (χ2v) is 9.14. The van der Waals surface area contributed by atoms with Crippen molar-refractivity contribution in [2.75, 3.05) is 18.4 Å². The van der Waals surface area contributed by atoms with E-state index in [1.54, 1.807) is 12.1 Å². The van der Waals surface area contributed by atoms with E-state index in [1.807, 2.05) is 31.2 Å². The Hall–Kier alpha value is -3.60. The molecule has 0 bridgehead atoms. The molecule has 0 radical (unpaired) electrons. The van der Waals surface area contributed by atoms with Gasteiger partial charge in [-0.3, -0.25) is 4.99 Å². The third-order valence-electron chi connectivity index (χ3n) is 6.45. The van der Waals surface area contributed by atoms with Gasteiger partial charge in [0.1, 0.15) is 11.3 Å². The molecule has 182 valence electrons. The molecular weight excluding hydrogens is 436 g/mol. The molecule has 5 nitrogen and oxygen atoms in total. The second kappa shape index (κ2) is 10.8. The molecule has 1 aliphatic heterocycles. The van der Waals surface area contributed by atoms with Crippen LogP contribution in [0.25, 0.3) is 33.4 Å². The first kappa shape index (κ1) is 24.5. The van der Waals surface area contributed by atoms with Crippen LogP contribution in [0.2, 0.25) is 0 Å². The second-order valence-electron chi connectivity index (χ2n) is 9.14. The van der Waals surface area contributed by atoms with Crippen LogP contribution in [-0.4, -0.2) is 24.2 Å². The number of unbranched alkanes of at least 4 members (excludes halogenated alkanes) is 2. The van der Waals surface area contributed by atoms with E-state index in [0.717, 1.165) is 83.0 Å². The van der Waals surface area contributed by atoms with Gasteiger partial charge in [-0.1, -0.05) is 44.9 Å². The average molecular weight is 471 g/mol. The van der Waals surface area contributed by atoms with Gasteiger partial charge < -0.3 is 14.8 Å². The molecule has 1 heterocycles. The summed E-state index contributed by atoms with van der Waals surface area (Å²) in [5.74, 6) is -0.239. The van der Waals surface area contributed by atoms with Gasteiger partial charge in [-0.15, -0.1) is 0 Å². The molecule has 2 aromatic carbocycles. The highest BCUT2D eigenvalue weighted by molar-refractivity contribution is 6.08. The number of nitrogens with one attached hydrogen (secondary N) is 1. The van der Waals surface area contributed by atoms with Crippen molar-refractivity contribution in [2.24, 2.45) is 4.99 Å². The zero-order valence-corrected chi connectivity index (χ0v) is 21.1. The van der Waals surface area contributed by atoms with Crippen LogP contribution in [0.3, 0.4) is 0 Å². The van der Waals surface area contributed by atoms with E-state index in [4.69, 9.17) is 9.41 Å². The van der Waals surface area contributed by atoms with Crippen molar-refractivity contribution in [1.82, 2.24) is 0 Å². The van der Waals surface area contributed by atoms with Crippen molar-refractivity contribution in [2.45, 2.75) is 53.4 Å². The highest BCUT2D eigenvalue weighted by atomic mass is 16.4. The molecule has 2 aliphatic rings. The monoisotopic (exact) mass is 470 g/mol. The highest BCUT2D eigenvalue weighted by Crippen LogP contribution is 2.42. The number of anilines is 1. The Kier molecular flexibility index (Phi) is 7.54. The van der Waals surface area contributed by atoms with Crippen molar-refractivity contribution < 1.29 is 14.3 Å². The van der Waals surface area contributed by atoms with Gasteiger partial charge in [0.2, 0.25) is 0 Å². The molecule has 0 saturated carbocycles. The summed E-state index contributed by atoms with van der Waals surface area (Å²) < 4.78 is 6.47. The van der Waals surface area contributed by atoms with Gasteiger partial charge in [0.05, 0.1) is 10.9 Å². The lowest BCUT2D eigenvalue weighted by Gasteiger charge is -2.19. The maximum absolute atomic E-state index is 12.2. The lowest BCUT2D eigenvalue weighted by atomic mass is 9.89. The molecule has 5 heteroatoms. The maximum Gasteiger partial charge on any atom is 0.336 e. The zero-order chi connectivity index (χ0) is 24.9. The van der Waals surface area contributed by atoms with Crippen molar-refractivity contribution in [3.05, 3.63) is 70.6 Å². The van der Waals surface area contributed by atoms with E-state index in [0.29, 0.717) is 11.3 Å². The molecule has 0 aromatic heterocycles. The molecule has 2 aromatic rings. The largest absolute Gasteiger partial charge is 0.478 e. The zero-order valence-electron chi connectivity index (χ0n) is 21.1. The van der Waals surface area contributed by atoms with Crippen LogP contribution < -0.4 is 10.7 Å². The van der Waals surface area contributed by atoms with E-state index >= 15 is 0 Å². The molecule has 1 aliphatic carbocycles. The van der Waals surface area contributed by atoms with Crippen molar-refractivity contribution in [3.63, 3.8) is 0 Å². The average Bonchev–Trinajstić information content (AvgIpc) is 2.84. The van der Waals surface area contributed by atoms with Crippen LogP contribution >= 0.6 is 0 Å². The van der Waals surface area contributed by atoms with Crippen LogP contribution in [0, 0.1) is 13.8 Å². The van der Waals surface area contributed by atoms with Crippen LogP contribution in [0.1, 0.15) is 61.0 Å². The van der Waals surface area contributed by atoms with Gasteiger partial charge in [0.25, 0.3) is 0 Å². The molecule has 0 atom stereocenters. The summed E-state index contributed by atoms with van der Waals surface area (Å²) in [7, 11) is 0. The predicted molar refractivity (Wildman–Crippen MR) is 143 cm³/mol. The summed E-state index contributed by atoms with van der Waals surface area (Å²) in [6.45, 7) is 10.1. The molecule has 0 spiro atoms. The van der Waals surface area contributed by atoms with Gasteiger partial charge >= 0.3 is 5.97 Å². The van der Waals surface area contributed by atoms with Crippen LogP contribution in [0.4, 0.5) is 5.69 Å². The van der Waals surface area contributed by atoms with Crippen molar-refractivity contribution in [3.8, 4) is 22.5 Å². The molecular formula is C30H34N2O3. The fourth-order valence-corrected chi connectivity index (χ4v) is 4.48. The highest BCUT2D eigenvalue weighted by Gasteiger charge is 2.22. The van der Waals surface area contributed by atoms with Crippen LogP contribution in [0.15, 0.2) is 57.9 Å². The minimum absolute atomic E-state index is 0.276. The number of fused-ring (bicyclic) bond motifs is 2. The number of rotatable bonds is 9. The quantitative estimate of drug-likeness (QED) is 0.197. The summed E-state index contributed by atoms with van der Waals surface area (Å²) >= 11 is 0. The lowest BCUT2D eigenvalue weighted by molar-refractivity contribution is 0.0697. The molecule has 0 fully saturated rings. The van der Waals surface area contributed by atoms with Gasteiger partial charge in [-0.05, 0) is 61.6 Å². The molecule has 2 N–H and O–H groups in total. The topological polar surface area (TPSA) is 74.8 Å². The summed E-state index contributed by atoms with van der Waals surface area (Å²) in [6, 6.07) is 15.4. The molecule has 0 saturated heterocycles. The first-order valence-corrected chi connectivity index (χ1v) is 12.5. The van der Waals surface area contributed by atoms with E-state index in [9.17, 15) is 9.90 Å². The van der Waals surface area contributed by atoms with Gasteiger partial charge in [-0.2, -0.15) is 0 Å². The lowest BCUT2D eigenvalue weighted by Crippen LogP contribution is -2.10. The first-order chi connectivity index (χ1) is 16.9. The van der Waals surface area contributed by atoms with E-state index in [1.165, 1.54) is 0 Å². The summed E-state index contributed by atoms with van der Waals surface area (Å²) in [5, 5.41) is 15.3. The molecule has 4 rings (SSSR count).